The lowest BCUT2D eigenvalue weighted by atomic mass is 10.3. The molecular formula is C17H19FN6O3S. The number of aromatic nitrogens is 4. The van der Waals surface area contributed by atoms with Crippen LogP contribution >= 0.6 is 0 Å². The normalized spacial score (nSPS) is 11.4. The number of ether oxygens (including phenoxy) is 1. The second-order valence-electron chi connectivity index (χ2n) is 5.73. The summed E-state index contributed by atoms with van der Waals surface area (Å²) in [7, 11) is -2.61. The van der Waals surface area contributed by atoms with Gasteiger partial charge in [0.25, 0.3) is 0 Å². The fourth-order valence-corrected chi connectivity index (χ4v) is 3.72. The van der Waals surface area contributed by atoms with Crippen LogP contribution in [0.4, 0.5) is 10.2 Å². The zero-order valence-corrected chi connectivity index (χ0v) is 16.1. The Morgan fingerprint density at radius 1 is 1.18 bits per heavy atom. The zero-order valence-electron chi connectivity index (χ0n) is 15.3. The van der Waals surface area contributed by atoms with Crippen LogP contribution in [0.3, 0.4) is 0 Å². The van der Waals surface area contributed by atoms with Crippen LogP contribution in [-0.2, 0) is 10.0 Å². The second-order valence-corrected chi connectivity index (χ2v) is 7.46. The lowest BCUT2D eigenvalue weighted by Gasteiger charge is -2.12. The Balaban J connectivity index is 1.62. The minimum atomic E-state index is -3.93. The van der Waals surface area contributed by atoms with Gasteiger partial charge in [-0.05, 0) is 25.1 Å². The third kappa shape index (κ3) is 4.43. The van der Waals surface area contributed by atoms with Crippen molar-refractivity contribution in [2.24, 2.45) is 0 Å². The SMILES string of the molecule is COc1ccc(F)cc1S(=O)(=O)NCCNc1cc(-n2ccnc2C)ncn1. The first-order chi connectivity index (χ1) is 13.4. The van der Waals surface area contributed by atoms with Gasteiger partial charge < -0.3 is 10.1 Å². The Bertz CT molecular complexity index is 1070. The van der Waals surface area contributed by atoms with E-state index in [1.807, 2.05) is 6.92 Å². The monoisotopic (exact) mass is 406 g/mol. The van der Waals surface area contributed by atoms with Crippen LogP contribution in [0.5, 0.6) is 5.75 Å². The third-order valence-electron chi connectivity index (χ3n) is 3.86. The van der Waals surface area contributed by atoms with Crippen molar-refractivity contribution in [2.45, 2.75) is 11.8 Å². The topological polar surface area (TPSA) is 111 Å². The summed E-state index contributed by atoms with van der Waals surface area (Å²) in [5.41, 5.74) is 0. The van der Waals surface area contributed by atoms with Gasteiger partial charge in [-0.2, -0.15) is 0 Å². The second kappa shape index (κ2) is 8.31. The Morgan fingerprint density at radius 2 is 2.00 bits per heavy atom. The van der Waals surface area contributed by atoms with Crippen LogP contribution < -0.4 is 14.8 Å². The molecule has 0 aliphatic rings. The van der Waals surface area contributed by atoms with Crippen LogP contribution in [0.2, 0.25) is 0 Å². The summed E-state index contributed by atoms with van der Waals surface area (Å²) in [5, 5.41) is 3.01. The van der Waals surface area contributed by atoms with Crippen molar-refractivity contribution in [3.05, 3.63) is 54.6 Å². The first kappa shape index (κ1) is 19.7. The van der Waals surface area contributed by atoms with E-state index in [0.717, 1.165) is 18.0 Å². The molecule has 0 spiro atoms. The number of anilines is 1. The van der Waals surface area contributed by atoms with Gasteiger partial charge in [-0.25, -0.2) is 32.5 Å². The fraction of sp³-hybridized carbons (Fsp3) is 0.235. The number of hydrogen-bond donors (Lipinski definition) is 2. The lowest BCUT2D eigenvalue weighted by Crippen LogP contribution is -2.29. The van der Waals surface area contributed by atoms with E-state index in [4.69, 9.17) is 4.74 Å². The summed E-state index contributed by atoms with van der Waals surface area (Å²) in [5.74, 6) is 1.35. The van der Waals surface area contributed by atoms with Gasteiger partial charge in [0.05, 0.1) is 7.11 Å². The van der Waals surface area contributed by atoms with E-state index in [-0.39, 0.29) is 23.7 Å². The van der Waals surface area contributed by atoms with Gasteiger partial charge in [0.1, 0.15) is 40.2 Å². The molecule has 2 heterocycles. The number of imidazole rings is 1. The molecule has 11 heteroatoms. The van der Waals surface area contributed by atoms with Crippen molar-refractivity contribution in [3.8, 4) is 11.6 Å². The van der Waals surface area contributed by atoms with Crippen molar-refractivity contribution in [2.75, 3.05) is 25.5 Å². The molecule has 0 aliphatic carbocycles. The van der Waals surface area contributed by atoms with Gasteiger partial charge in [-0.1, -0.05) is 0 Å². The van der Waals surface area contributed by atoms with Gasteiger partial charge in [0.15, 0.2) is 0 Å². The Labute approximate surface area is 161 Å². The minimum absolute atomic E-state index is 0.0610. The number of benzene rings is 1. The zero-order chi connectivity index (χ0) is 20.1. The predicted octanol–water partition coefficient (Wildman–Crippen LogP) is 1.51. The maximum atomic E-state index is 13.4. The maximum absolute atomic E-state index is 13.4. The Hall–Kier alpha value is -3.05. The standard InChI is InChI=1S/C17H19FN6O3S/c1-12-19-7-8-24(12)17-10-16(21-11-22-17)20-5-6-23-28(25,26)15-9-13(18)3-4-14(15)27-2/h3-4,7-11,23H,5-6H2,1-2H3,(H,20,21,22). The number of rotatable bonds is 8. The number of halogens is 1. The van der Waals surface area contributed by atoms with Gasteiger partial charge in [-0.15, -0.1) is 0 Å². The summed E-state index contributed by atoms with van der Waals surface area (Å²) < 4.78 is 47.4. The van der Waals surface area contributed by atoms with Crippen LogP contribution in [-0.4, -0.2) is 48.1 Å². The van der Waals surface area contributed by atoms with Gasteiger partial charge in [-0.3, -0.25) is 4.57 Å². The van der Waals surface area contributed by atoms with Gasteiger partial charge in [0.2, 0.25) is 10.0 Å². The molecule has 0 atom stereocenters. The van der Waals surface area contributed by atoms with Gasteiger partial charge >= 0.3 is 0 Å². The molecule has 2 aromatic heterocycles. The highest BCUT2D eigenvalue weighted by atomic mass is 32.2. The molecule has 0 radical (unpaired) electrons. The first-order valence-corrected chi connectivity index (χ1v) is 9.78. The number of hydrogen-bond acceptors (Lipinski definition) is 7. The van der Waals surface area contributed by atoms with E-state index in [9.17, 15) is 12.8 Å². The van der Waals surface area contributed by atoms with Gasteiger partial charge in [0, 0.05) is 31.5 Å². The molecule has 1 aromatic carbocycles. The minimum Gasteiger partial charge on any atom is -0.495 e. The van der Waals surface area contributed by atoms with Crippen molar-refractivity contribution in [1.29, 1.82) is 0 Å². The van der Waals surface area contributed by atoms with E-state index >= 15 is 0 Å². The molecule has 0 aliphatic heterocycles. The number of aryl methyl sites for hydroxylation is 1. The molecule has 0 saturated heterocycles. The van der Waals surface area contributed by atoms with Crippen molar-refractivity contribution < 1.29 is 17.5 Å². The summed E-state index contributed by atoms with van der Waals surface area (Å²) in [6, 6.07) is 5.04. The molecule has 0 amide bonds. The Kier molecular flexibility index (Phi) is 5.85. The van der Waals surface area contributed by atoms with E-state index < -0.39 is 15.8 Å². The van der Waals surface area contributed by atoms with Crippen LogP contribution in [0.25, 0.3) is 5.82 Å². The summed E-state index contributed by atoms with van der Waals surface area (Å²) in [6.45, 7) is 2.17. The maximum Gasteiger partial charge on any atom is 0.244 e. The summed E-state index contributed by atoms with van der Waals surface area (Å²) >= 11 is 0. The molecule has 148 valence electrons. The number of nitrogens with one attached hydrogen (secondary N) is 2. The highest BCUT2D eigenvalue weighted by Crippen LogP contribution is 2.24. The average molecular weight is 406 g/mol. The molecule has 0 unspecified atom stereocenters. The number of sulfonamides is 1. The molecule has 28 heavy (non-hydrogen) atoms. The average Bonchev–Trinajstić information content (AvgIpc) is 3.11. The predicted molar refractivity (Wildman–Crippen MR) is 101 cm³/mol. The van der Waals surface area contributed by atoms with E-state index in [1.54, 1.807) is 23.0 Å². The summed E-state index contributed by atoms with van der Waals surface area (Å²) in [4.78, 5) is 12.2. The van der Waals surface area contributed by atoms with Crippen molar-refractivity contribution in [3.63, 3.8) is 0 Å². The van der Waals surface area contributed by atoms with Crippen LogP contribution in [0.1, 0.15) is 5.82 Å². The van der Waals surface area contributed by atoms with E-state index in [2.05, 4.69) is 25.0 Å². The van der Waals surface area contributed by atoms with E-state index in [0.29, 0.717) is 11.6 Å². The molecule has 0 fully saturated rings. The molecular weight excluding hydrogens is 387 g/mol. The first-order valence-electron chi connectivity index (χ1n) is 8.30. The number of methoxy groups -OCH3 is 1. The van der Waals surface area contributed by atoms with E-state index in [1.165, 1.54) is 19.5 Å². The summed E-state index contributed by atoms with van der Waals surface area (Å²) in [6.07, 6.45) is 4.85. The van der Waals surface area contributed by atoms with Crippen molar-refractivity contribution in [1.82, 2.24) is 24.2 Å². The molecule has 3 aromatic rings. The highest BCUT2D eigenvalue weighted by molar-refractivity contribution is 7.89. The third-order valence-corrected chi connectivity index (χ3v) is 5.35. The van der Waals surface area contributed by atoms with Crippen molar-refractivity contribution >= 4 is 15.8 Å². The lowest BCUT2D eigenvalue weighted by molar-refractivity contribution is 0.400. The fourth-order valence-electron chi connectivity index (χ4n) is 2.51. The molecule has 2 N–H and O–H groups in total. The molecule has 0 saturated carbocycles. The smallest absolute Gasteiger partial charge is 0.244 e. The highest BCUT2D eigenvalue weighted by Gasteiger charge is 2.19. The Morgan fingerprint density at radius 3 is 2.71 bits per heavy atom. The molecule has 9 nitrogen and oxygen atoms in total. The quantitative estimate of drug-likeness (QED) is 0.546. The molecule has 0 bridgehead atoms. The van der Waals surface area contributed by atoms with Crippen LogP contribution in [0.15, 0.2) is 47.9 Å². The number of nitrogens with zero attached hydrogens (tertiary/aromatic N) is 4. The molecule has 3 rings (SSSR count). The van der Waals surface area contributed by atoms with Crippen LogP contribution in [0, 0.1) is 12.7 Å². The largest absolute Gasteiger partial charge is 0.495 e.